The summed E-state index contributed by atoms with van der Waals surface area (Å²) in [6.07, 6.45) is 3.07. The van der Waals surface area contributed by atoms with Crippen LogP contribution in [0.15, 0.2) is 0 Å². The van der Waals surface area contributed by atoms with E-state index in [1.165, 1.54) is 5.75 Å². The quantitative estimate of drug-likeness (QED) is 0.731. The van der Waals surface area contributed by atoms with E-state index in [0.717, 1.165) is 38.1 Å². The monoisotopic (exact) mass is 321 g/mol. The Kier molecular flexibility index (Phi) is 6.61. The summed E-state index contributed by atoms with van der Waals surface area (Å²) >= 11 is 1.92. The SMILES string of the molecule is CCNCC1CCN(S(=O)(=O)NCC2CCSC2)CC1. The van der Waals surface area contributed by atoms with Crippen molar-refractivity contribution in [2.45, 2.75) is 26.2 Å². The van der Waals surface area contributed by atoms with Crippen LogP contribution in [0.5, 0.6) is 0 Å². The molecule has 1 atom stereocenters. The van der Waals surface area contributed by atoms with Crippen LogP contribution in [-0.4, -0.2) is 57.0 Å². The van der Waals surface area contributed by atoms with Gasteiger partial charge in [-0.25, -0.2) is 4.72 Å². The standard InChI is InChI=1S/C13H27N3O2S2/c1-2-14-9-12-3-6-16(7-4-12)20(17,18)15-10-13-5-8-19-11-13/h12-15H,2-11H2,1H3. The summed E-state index contributed by atoms with van der Waals surface area (Å²) in [6, 6.07) is 0. The van der Waals surface area contributed by atoms with Crippen molar-refractivity contribution >= 4 is 22.0 Å². The van der Waals surface area contributed by atoms with Crippen LogP contribution >= 0.6 is 11.8 Å². The number of nitrogens with zero attached hydrogens (tertiary/aromatic N) is 1. The van der Waals surface area contributed by atoms with Crippen molar-refractivity contribution in [3.63, 3.8) is 0 Å². The summed E-state index contributed by atoms with van der Waals surface area (Å²) in [5, 5.41) is 3.35. The molecule has 7 heteroatoms. The first-order chi connectivity index (χ1) is 9.62. The maximum atomic E-state index is 12.3. The lowest BCUT2D eigenvalue weighted by Crippen LogP contribution is -2.47. The summed E-state index contributed by atoms with van der Waals surface area (Å²) in [4.78, 5) is 0. The highest BCUT2D eigenvalue weighted by atomic mass is 32.2. The van der Waals surface area contributed by atoms with E-state index in [2.05, 4.69) is 17.0 Å². The van der Waals surface area contributed by atoms with E-state index in [1.54, 1.807) is 4.31 Å². The van der Waals surface area contributed by atoms with Gasteiger partial charge in [0.25, 0.3) is 10.2 Å². The average molecular weight is 322 g/mol. The topological polar surface area (TPSA) is 61.4 Å². The van der Waals surface area contributed by atoms with Crippen LogP contribution in [0, 0.1) is 11.8 Å². The van der Waals surface area contributed by atoms with Crippen molar-refractivity contribution in [2.24, 2.45) is 11.8 Å². The maximum Gasteiger partial charge on any atom is 0.279 e. The second-order valence-corrected chi connectivity index (χ2v) is 8.64. The molecular formula is C13H27N3O2S2. The fourth-order valence-corrected chi connectivity index (χ4v) is 5.37. The highest BCUT2D eigenvalue weighted by molar-refractivity contribution is 7.99. The molecule has 0 aromatic heterocycles. The van der Waals surface area contributed by atoms with Crippen LogP contribution in [-0.2, 0) is 10.2 Å². The molecule has 118 valence electrons. The molecule has 2 rings (SSSR count). The molecule has 2 heterocycles. The summed E-state index contributed by atoms with van der Waals surface area (Å²) in [5.74, 6) is 3.39. The third-order valence-corrected chi connectivity index (χ3v) is 6.98. The van der Waals surface area contributed by atoms with Crippen LogP contribution in [0.2, 0.25) is 0 Å². The molecule has 2 saturated heterocycles. The Labute approximate surface area is 127 Å². The smallest absolute Gasteiger partial charge is 0.279 e. The molecule has 0 bridgehead atoms. The molecule has 2 N–H and O–H groups in total. The molecular weight excluding hydrogens is 294 g/mol. The molecule has 2 aliphatic rings. The molecule has 0 saturated carbocycles. The van der Waals surface area contributed by atoms with Gasteiger partial charge in [-0.1, -0.05) is 6.92 Å². The molecule has 0 spiro atoms. The summed E-state index contributed by atoms with van der Waals surface area (Å²) in [6.45, 7) is 6.02. The average Bonchev–Trinajstić information content (AvgIpc) is 2.97. The Morgan fingerprint density at radius 2 is 1.90 bits per heavy atom. The van der Waals surface area contributed by atoms with Crippen molar-refractivity contribution in [1.82, 2.24) is 14.3 Å². The zero-order chi connectivity index (χ0) is 14.4. The fraction of sp³-hybridized carbons (Fsp3) is 1.00. The highest BCUT2D eigenvalue weighted by Gasteiger charge is 2.28. The van der Waals surface area contributed by atoms with Crippen LogP contribution < -0.4 is 10.0 Å². The lowest BCUT2D eigenvalue weighted by molar-refractivity contribution is 0.265. The molecule has 1 unspecified atom stereocenters. The Hall–Kier alpha value is 0.180. The highest BCUT2D eigenvalue weighted by Crippen LogP contribution is 2.23. The molecule has 0 amide bonds. The number of piperidine rings is 1. The molecule has 0 aliphatic carbocycles. The lowest BCUT2D eigenvalue weighted by atomic mass is 9.98. The Balaban J connectivity index is 1.73. The van der Waals surface area contributed by atoms with Gasteiger partial charge >= 0.3 is 0 Å². The van der Waals surface area contributed by atoms with Crippen LogP contribution in [0.25, 0.3) is 0 Å². The van der Waals surface area contributed by atoms with Crippen LogP contribution in [0.3, 0.4) is 0 Å². The molecule has 0 aromatic carbocycles. The number of rotatable bonds is 7. The van der Waals surface area contributed by atoms with E-state index < -0.39 is 10.2 Å². The molecule has 20 heavy (non-hydrogen) atoms. The first-order valence-electron chi connectivity index (χ1n) is 7.65. The van der Waals surface area contributed by atoms with Gasteiger partial charge in [0.1, 0.15) is 0 Å². The van der Waals surface area contributed by atoms with Gasteiger partial charge in [-0.15, -0.1) is 0 Å². The van der Waals surface area contributed by atoms with E-state index in [1.807, 2.05) is 11.8 Å². The van der Waals surface area contributed by atoms with Gasteiger partial charge in [0.15, 0.2) is 0 Å². The number of thioether (sulfide) groups is 1. The molecule has 2 fully saturated rings. The summed E-state index contributed by atoms with van der Waals surface area (Å²) in [7, 11) is -3.26. The Morgan fingerprint density at radius 1 is 1.15 bits per heavy atom. The van der Waals surface area contributed by atoms with Gasteiger partial charge < -0.3 is 5.32 Å². The van der Waals surface area contributed by atoms with Gasteiger partial charge in [0.2, 0.25) is 0 Å². The molecule has 0 aromatic rings. The lowest BCUT2D eigenvalue weighted by Gasteiger charge is -2.31. The largest absolute Gasteiger partial charge is 0.317 e. The first kappa shape index (κ1) is 16.5. The predicted molar refractivity (Wildman–Crippen MR) is 85.2 cm³/mol. The van der Waals surface area contributed by atoms with Crippen LogP contribution in [0.4, 0.5) is 0 Å². The van der Waals surface area contributed by atoms with Crippen LogP contribution in [0.1, 0.15) is 26.2 Å². The van der Waals surface area contributed by atoms with Crippen molar-refractivity contribution in [1.29, 1.82) is 0 Å². The van der Waals surface area contributed by atoms with Gasteiger partial charge in [-0.2, -0.15) is 24.5 Å². The van der Waals surface area contributed by atoms with Gasteiger partial charge in [0, 0.05) is 19.6 Å². The van der Waals surface area contributed by atoms with Crippen molar-refractivity contribution < 1.29 is 8.42 Å². The first-order valence-corrected chi connectivity index (χ1v) is 10.2. The normalized spacial score (nSPS) is 26.1. The number of nitrogens with one attached hydrogen (secondary N) is 2. The molecule has 5 nitrogen and oxygen atoms in total. The van der Waals surface area contributed by atoms with Crippen molar-refractivity contribution in [3.8, 4) is 0 Å². The van der Waals surface area contributed by atoms with Gasteiger partial charge in [-0.3, -0.25) is 0 Å². The van der Waals surface area contributed by atoms with E-state index >= 15 is 0 Å². The minimum Gasteiger partial charge on any atom is -0.317 e. The van der Waals surface area contributed by atoms with E-state index in [0.29, 0.717) is 31.5 Å². The second kappa shape index (κ2) is 7.98. The molecule has 2 aliphatic heterocycles. The Morgan fingerprint density at radius 3 is 2.50 bits per heavy atom. The predicted octanol–water partition coefficient (Wildman–Crippen LogP) is 0.895. The summed E-state index contributed by atoms with van der Waals surface area (Å²) in [5.41, 5.74) is 0. The van der Waals surface area contributed by atoms with Crippen molar-refractivity contribution in [3.05, 3.63) is 0 Å². The van der Waals surface area contributed by atoms with E-state index in [9.17, 15) is 8.42 Å². The number of hydrogen-bond acceptors (Lipinski definition) is 4. The van der Waals surface area contributed by atoms with Gasteiger partial charge in [0.05, 0.1) is 0 Å². The summed E-state index contributed by atoms with van der Waals surface area (Å²) < 4.78 is 28.9. The maximum absolute atomic E-state index is 12.3. The van der Waals surface area contributed by atoms with Gasteiger partial charge in [-0.05, 0) is 55.7 Å². The minimum atomic E-state index is -3.26. The zero-order valence-electron chi connectivity index (χ0n) is 12.3. The van der Waals surface area contributed by atoms with E-state index in [4.69, 9.17) is 0 Å². The van der Waals surface area contributed by atoms with Crippen molar-refractivity contribution in [2.75, 3.05) is 44.2 Å². The molecule has 0 radical (unpaired) electrons. The Bertz CT molecular complexity index is 375. The second-order valence-electron chi connectivity index (χ2n) is 5.73. The van der Waals surface area contributed by atoms with E-state index in [-0.39, 0.29) is 0 Å². The third kappa shape index (κ3) is 4.87. The zero-order valence-corrected chi connectivity index (χ0v) is 13.9. The number of hydrogen-bond donors (Lipinski definition) is 2. The fourth-order valence-electron chi connectivity index (χ4n) is 2.76. The third-order valence-electron chi connectivity index (χ3n) is 4.17. The minimum absolute atomic E-state index is 0.515.